The number of carbonyl (C=O) groups excluding carboxylic acids is 1. The van der Waals surface area contributed by atoms with Crippen molar-refractivity contribution in [2.24, 2.45) is 11.0 Å². The Morgan fingerprint density at radius 3 is 2.78 bits per heavy atom. The van der Waals surface area contributed by atoms with Crippen LogP contribution in [0.4, 0.5) is 5.69 Å². The average Bonchev–Trinajstić information content (AvgIpc) is 2.97. The summed E-state index contributed by atoms with van der Waals surface area (Å²) >= 11 is 3.52. The van der Waals surface area contributed by atoms with Crippen molar-refractivity contribution in [2.75, 3.05) is 4.90 Å². The fourth-order valence-corrected chi connectivity index (χ4v) is 5.18. The maximum absolute atomic E-state index is 12.7. The number of benzene rings is 2. The summed E-state index contributed by atoms with van der Waals surface area (Å²) in [7, 11) is 0. The smallest absolute Gasteiger partial charge is 0.224 e. The lowest BCUT2D eigenvalue weighted by atomic mass is 9.75. The number of halogens is 1. The van der Waals surface area contributed by atoms with Crippen molar-refractivity contribution in [3.63, 3.8) is 0 Å². The summed E-state index contributed by atoms with van der Waals surface area (Å²) in [4.78, 5) is 17.4. The second kappa shape index (κ2) is 7.00. The zero-order chi connectivity index (χ0) is 19.1. The van der Waals surface area contributed by atoms with Gasteiger partial charge in [0.15, 0.2) is 0 Å². The van der Waals surface area contributed by atoms with Crippen LogP contribution in [0.25, 0.3) is 10.4 Å². The molecule has 1 heterocycles. The van der Waals surface area contributed by atoms with E-state index in [0.717, 1.165) is 21.3 Å². The third kappa shape index (κ3) is 2.92. The largest absolute Gasteiger partial charge is 0.392 e. The molecular formula is C20H19BrN4O2. The molecular weight excluding hydrogens is 408 g/mol. The summed E-state index contributed by atoms with van der Waals surface area (Å²) in [6.07, 6.45) is -0.235. The molecule has 2 aliphatic rings. The van der Waals surface area contributed by atoms with E-state index >= 15 is 0 Å². The zero-order valence-corrected chi connectivity index (χ0v) is 16.3. The van der Waals surface area contributed by atoms with Gasteiger partial charge in [-0.1, -0.05) is 51.4 Å². The normalized spacial score (nSPS) is 28.9. The molecule has 1 aliphatic carbocycles. The Hall–Kier alpha value is -2.34. The van der Waals surface area contributed by atoms with Crippen LogP contribution in [-0.4, -0.2) is 23.2 Å². The second-order valence-electron chi connectivity index (χ2n) is 7.14. The quantitative estimate of drug-likeness (QED) is 0.428. The summed E-state index contributed by atoms with van der Waals surface area (Å²) < 4.78 is 0.934. The van der Waals surface area contributed by atoms with Gasteiger partial charge >= 0.3 is 0 Å². The topological polar surface area (TPSA) is 89.3 Å². The highest BCUT2D eigenvalue weighted by Gasteiger charge is 2.52. The van der Waals surface area contributed by atoms with Crippen molar-refractivity contribution >= 4 is 27.5 Å². The Bertz CT molecular complexity index is 943. The lowest BCUT2D eigenvalue weighted by Gasteiger charge is -2.44. The second-order valence-corrected chi connectivity index (χ2v) is 8.05. The lowest BCUT2D eigenvalue weighted by Crippen LogP contribution is -2.43. The van der Waals surface area contributed by atoms with E-state index in [2.05, 4.69) is 26.0 Å². The van der Waals surface area contributed by atoms with Crippen molar-refractivity contribution < 1.29 is 9.90 Å². The van der Waals surface area contributed by atoms with Crippen LogP contribution in [-0.2, 0) is 4.79 Å². The van der Waals surface area contributed by atoms with Gasteiger partial charge in [0.1, 0.15) is 0 Å². The number of para-hydroxylation sites is 1. The molecule has 5 atom stereocenters. The number of azide groups is 1. The highest BCUT2D eigenvalue weighted by atomic mass is 79.9. The molecule has 0 saturated heterocycles. The van der Waals surface area contributed by atoms with E-state index in [0.29, 0.717) is 6.42 Å². The molecule has 1 amide bonds. The van der Waals surface area contributed by atoms with Crippen LogP contribution < -0.4 is 4.90 Å². The Morgan fingerprint density at radius 1 is 1.30 bits per heavy atom. The number of rotatable bonds is 2. The highest BCUT2D eigenvalue weighted by Crippen LogP contribution is 2.56. The van der Waals surface area contributed by atoms with Crippen molar-refractivity contribution in [1.29, 1.82) is 0 Å². The van der Waals surface area contributed by atoms with E-state index in [4.69, 9.17) is 5.53 Å². The molecule has 0 bridgehead atoms. The van der Waals surface area contributed by atoms with Crippen molar-refractivity contribution in [2.45, 2.75) is 37.5 Å². The predicted molar refractivity (Wildman–Crippen MR) is 106 cm³/mol. The first kappa shape index (κ1) is 18.0. The first-order valence-electron chi connectivity index (χ1n) is 8.89. The zero-order valence-electron chi connectivity index (χ0n) is 14.7. The van der Waals surface area contributed by atoms with Crippen LogP contribution in [0, 0.1) is 5.92 Å². The van der Waals surface area contributed by atoms with Gasteiger partial charge in [-0.2, -0.15) is 0 Å². The minimum Gasteiger partial charge on any atom is -0.392 e. The molecule has 2 aromatic rings. The number of aliphatic hydroxyl groups is 1. The number of fused-ring (bicyclic) bond motifs is 3. The monoisotopic (exact) mass is 426 g/mol. The minimum atomic E-state index is -0.768. The third-order valence-corrected chi connectivity index (χ3v) is 6.20. The fraction of sp³-hybridized carbons (Fsp3) is 0.350. The molecule has 0 radical (unpaired) electrons. The Labute approximate surface area is 165 Å². The number of hydrogen-bond acceptors (Lipinski definition) is 3. The summed E-state index contributed by atoms with van der Waals surface area (Å²) in [5.41, 5.74) is 11.7. The van der Waals surface area contributed by atoms with Crippen molar-refractivity contribution in [1.82, 2.24) is 0 Å². The van der Waals surface area contributed by atoms with Gasteiger partial charge in [-0.05, 0) is 47.2 Å². The molecule has 7 heteroatoms. The Kier molecular flexibility index (Phi) is 4.68. The van der Waals surface area contributed by atoms with E-state index in [1.54, 1.807) is 6.92 Å². The van der Waals surface area contributed by atoms with E-state index in [-0.39, 0.29) is 23.8 Å². The molecule has 27 heavy (non-hydrogen) atoms. The van der Waals surface area contributed by atoms with Gasteiger partial charge in [0, 0.05) is 27.9 Å². The van der Waals surface area contributed by atoms with Crippen LogP contribution >= 0.6 is 15.9 Å². The third-order valence-electron chi connectivity index (χ3n) is 5.71. The van der Waals surface area contributed by atoms with Gasteiger partial charge in [0.05, 0.1) is 18.2 Å². The van der Waals surface area contributed by atoms with Crippen molar-refractivity contribution in [3.05, 3.63) is 74.6 Å². The van der Waals surface area contributed by atoms with Gasteiger partial charge < -0.3 is 10.0 Å². The van der Waals surface area contributed by atoms with Gasteiger partial charge in [-0.15, -0.1) is 0 Å². The Balaban J connectivity index is 1.93. The first-order chi connectivity index (χ1) is 13.0. The molecule has 1 fully saturated rings. The van der Waals surface area contributed by atoms with E-state index < -0.39 is 12.1 Å². The summed E-state index contributed by atoms with van der Waals surface area (Å²) in [6, 6.07) is 14.9. The molecule has 6 nitrogen and oxygen atoms in total. The van der Waals surface area contributed by atoms with E-state index in [1.807, 2.05) is 53.4 Å². The number of hydrogen-bond donors (Lipinski definition) is 1. The number of anilines is 1. The van der Waals surface area contributed by atoms with Crippen LogP contribution in [0.2, 0.25) is 0 Å². The average molecular weight is 427 g/mol. The van der Waals surface area contributed by atoms with Crippen LogP contribution in [0.3, 0.4) is 0 Å². The standard InChI is InChI=1S/C20H19BrN4O2/c1-11(26)25-17-8-3-2-7-14(17)18-15(10-16(20(18)27)23-24-22)19(25)12-5-4-6-13(21)9-12/h2-9,15-16,18-20,27H,10H2,1H3/t15-,16-,18-,19-,20+/m1/s1. The highest BCUT2D eigenvalue weighted by molar-refractivity contribution is 9.10. The fourth-order valence-electron chi connectivity index (χ4n) is 4.76. The SMILES string of the molecule is CC(=O)N1c2ccccc2[C@H]2[C@@H](O)[C@H](N=[N+]=[N-])C[C@H]2[C@H]1c1cccc(Br)c1. The Morgan fingerprint density at radius 2 is 2.07 bits per heavy atom. The molecule has 0 aromatic heterocycles. The lowest BCUT2D eigenvalue weighted by molar-refractivity contribution is -0.117. The molecule has 2 aromatic carbocycles. The number of aliphatic hydroxyl groups excluding tert-OH is 1. The number of amides is 1. The maximum atomic E-state index is 12.7. The predicted octanol–water partition coefficient (Wildman–Crippen LogP) is 4.70. The van der Waals surface area contributed by atoms with Crippen LogP contribution in [0.5, 0.6) is 0 Å². The van der Waals surface area contributed by atoms with Gasteiger partial charge in [-0.25, -0.2) is 0 Å². The van der Waals surface area contributed by atoms with E-state index in [1.165, 1.54) is 0 Å². The summed E-state index contributed by atoms with van der Waals surface area (Å²) in [6.45, 7) is 1.57. The molecule has 1 saturated carbocycles. The molecule has 0 unspecified atom stereocenters. The maximum Gasteiger partial charge on any atom is 0.224 e. The van der Waals surface area contributed by atoms with Crippen LogP contribution in [0.15, 0.2) is 58.1 Å². The summed E-state index contributed by atoms with van der Waals surface area (Å²) in [5, 5.41) is 14.8. The molecule has 1 N–H and O–H groups in total. The molecule has 138 valence electrons. The van der Waals surface area contributed by atoms with E-state index in [9.17, 15) is 9.90 Å². The van der Waals surface area contributed by atoms with Gasteiger partial charge in [0.25, 0.3) is 0 Å². The summed E-state index contributed by atoms with van der Waals surface area (Å²) in [5.74, 6) is -0.271. The number of carbonyl (C=O) groups is 1. The van der Waals surface area contributed by atoms with Gasteiger partial charge in [-0.3, -0.25) is 4.79 Å². The molecule has 0 spiro atoms. The van der Waals surface area contributed by atoms with Gasteiger partial charge in [0.2, 0.25) is 5.91 Å². The number of nitrogens with zero attached hydrogens (tertiary/aromatic N) is 4. The molecule has 4 rings (SSSR count). The van der Waals surface area contributed by atoms with Crippen molar-refractivity contribution in [3.8, 4) is 0 Å². The molecule has 1 aliphatic heterocycles. The van der Waals surface area contributed by atoms with Crippen LogP contribution in [0.1, 0.15) is 36.4 Å². The first-order valence-corrected chi connectivity index (χ1v) is 9.68. The minimum absolute atomic E-state index is 0.0383.